The molecule has 5 aromatic rings. The first-order chi connectivity index (χ1) is 14.7. The maximum atomic E-state index is 11.1. The lowest BCUT2D eigenvalue weighted by atomic mass is 10.3. The summed E-state index contributed by atoms with van der Waals surface area (Å²) in [6.07, 6.45) is 0. The first-order valence-electron chi connectivity index (χ1n) is 8.97. The van der Waals surface area contributed by atoms with E-state index in [2.05, 4.69) is 10.5 Å². The number of nitro groups is 1. The highest BCUT2D eigenvalue weighted by Crippen LogP contribution is 2.28. The molecule has 0 unspecified atom stereocenters. The summed E-state index contributed by atoms with van der Waals surface area (Å²) in [5, 5.41) is 17.1. The molecule has 0 aliphatic rings. The zero-order valence-electron chi connectivity index (χ0n) is 15.4. The number of nitro benzene ring substituents is 1. The van der Waals surface area contributed by atoms with Gasteiger partial charge in [-0.3, -0.25) is 15.5 Å². The summed E-state index contributed by atoms with van der Waals surface area (Å²) in [7, 11) is 0. The summed E-state index contributed by atoms with van der Waals surface area (Å²) in [6.45, 7) is 0. The molecule has 0 atom stereocenters. The molecule has 0 aliphatic heterocycles. The molecule has 5 rings (SSSR count). The number of thiazole rings is 2. The van der Waals surface area contributed by atoms with E-state index in [0.29, 0.717) is 11.4 Å². The average Bonchev–Trinajstić information content (AvgIpc) is 3.38. The minimum atomic E-state index is -0.434. The maximum absolute atomic E-state index is 11.1. The monoisotopic (exact) mass is 431 g/mol. The molecule has 0 bridgehead atoms. The van der Waals surface area contributed by atoms with Crippen molar-refractivity contribution >= 4 is 60.2 Å². The zero-order valence-corrected chi connectivity index (χ0v) is 17.0. The lowest BCUT2D eigenvalue weighted by Crippen LogP contribution is -2.06. The van der Waals surface area contributed by atoms with Crippen molar-refractivity contribution in [3.8, 4) is 0 Å². The summed E-state index contributed by atoms with van der Waals surface area (Å²) in [6, 6.07) is 22.0. The molecule has 146 valence electrons. The molecule has 0 radical (unpaired) electrons. The van der Waals surface area contributed by atoms with Gasteiger partial charge in [0.15, 0.2) is 5.71 Å². The van der Waals surface area contributed by atoms with Crippen LogP contribution in [0.15, 0.2) is 77.9 Å². The number of hydrogen-bond donors (Lipinski definition) is 1. The normalized spacial score (nSPS) is 10.9. The summed E-state index contributed by atoms with van der Waals surface area (Å²) < 4.78 is 2.10. The molecule has 0 aliphatic carbocycles. The number of anilines is 1. The van der Waals surface area contributed by atoms with Crippen molar-refractivity contribution in [3.63, 3.8) is 0 Å². The van der Waals surface area contributed by atoms with Crippen LogP contribution in [0, 0.1) is 10.1 Å². The van der Waals surface area contributed by atoms with Crippen molar-refractivity contribution in [1.29, 1.82) is 0 Å². The molecule has 2 aromatic heterocycles. The van der Waals surface area contributed by atoms with Gasteiger partial charge < -0.3 is 0 Å². The highest BCUT2D eigenvalue weighted by molar-refractivity contribution is 7.23. The van der Waals surface area contributed by atoms with Crippen LogP contribution in [0.2, 0.25) is 0 Å². The molecule has 0 spiro atoms. The third-order valence-electron chi connectivity index (χ3n) is 4.35. The van der Waals surface area contributed by atoms with Crippen LogP contribution >= 0.6 is 22.7 Å². The van der Waals surface area contributed by atoms with Crippen molar-refractivity contribution in [3.05, 3.63) is 92.9 Å². The minimum absolute atomic E-state index is 0.00303. The van der Waals surface area contributed by atoms with Crippen LogP contribution in [0.4, 0.5) is 11.4 Å². The Morgan fingerprint density at radius 3 is 2.03 bits per heavy atom. The number of aromatic nitrogens is 2. The third-order valence-corrected chi connectivity index (χ3v) is 6.43. The van der Waals surface area contributed by atoms with Crippen molar-refractivity contribution in [2.45, 2.75) is 0 Å². The average molecular weight is 432 g/mol. The fourth-order valence-electron chi connectivity index (χ4n) is 2.94. The number of non-ortho nitro benzene ring substituents is 1. The first kappa shape index (κ1) is 18.3. The summed E-state index contributed by atoms with van der Waals surface area (Å²) in [5.74, 6) is 0. The number of fused-ring (bicyclic) bond motifs is 2. The molecular formula is C21H13N5O2S2. The van der Waals surface area contributed by atoms with Crippen molar-refractivity contribution in [1.82, 2.24) is 9.97 Å². The van der Waals surface area contributed by atoms with Crippen LogP contribution in [0.1, 0.15) is 10.0 Å². The largest absolute Gasteiger partial charge is 0.277 e. The minimum Gasteiger partial charge on any atom is -0.277 e. The van der Waals surface area contributed by atoms with Gasteiger partial charge in [-0.2, -0.15) is 5.10 Å². The van der Waals surface area contributed by atoms with Gasteiger partial charge in [0.1, 0.15) is 10.0 Å². The molecule has 0 saturated carbocycles. The van der Waals surface area contributed by atoms with E-state index in [1.54, 1.807) is 12.1 Å². The molecule has 0 amide bonds. The second-order valence-corrected chi connectivity index (χ2v) is 8.41. The van der Waals surface area contributed by atoms with Crippen molar-refractivity contribution < 1.29 is 4.92 Å². The standard InChI is InChI=1S/C21H13N5O2S2/c27-26(28)14-7-5-6-13(12-14)24-25-19(20-22-15-8-1-3-10-17(15)29-20)21-23-16-9-2-4-11-18(16)30-21/h1-12,24H. The quantitative estimate of drug-likeness (QED) is 0.220. The Bertz CT molecular complexity index is 1280. The van der Waals surface area contributed by atoms with Gasteiger partial charge in [-0.1, -0.05) is 30.3 Å². The van der Waals surface area contributed by atoms with Gasteiger partial charge >= 0.3 is 0 Å². The second kappa shape index (κ2) is 7.62. The summed E-state index contributed by atoms with van der Waals surface area (Å²) >= 11 is 3.06. The van der Waals surface area contributed by atoms with Gasteiger partial charge in [-0.15, -0.1) is 22.7 Å². The van der Waals surface area contributed by atoms with Crippen LogP contribution in [-0.2, 0) is 0 Å². The van der Waals surface area contributed by atoms with Crippen LogP contribution in [-0.4, -0.2) is 20.6 Å². The Kier molecular flexibility index (Phi) is 4.66. The second-order valence-electron chi connectivity index (χ2n) is 6.35. The Hall–Kier alpha value is -3.69. The third kappa shape index (κ3) is 3.51. The molecule has 9 heteroatoms. The van der Waals surface area contributed by atoms with Gasteiger partial charge in [0, 0.05) is 12.1 Å². The van der Waals surface area contributed by atoms with E-state index in [0.717, 1.165) is 30.4 Å². The van der Waals surface area contributed by atoms with E-state index in [-0.39, 0.29) is 5.69 Å². The maximum Gasteiger partial charge on any atom is 0.271 e. The predicted octanol–water partition coefficient (Wildman–Crippen LogP) is 5.68. The van der Waals surface area contributed by atoms with Gasteiger partial charge in [0.2, 0.25) is 0 Å². The lowest BCUT2D eigenvalue weighted by molar-refractivity contribution is -0.384. The van der Waals surface area contributed by atoms with Crippen LogP contribution in [0.3, 0.4) is 0 Å². The van der Waals surface area contributed by atoms with E-state index in [1.807, 2.05) is 48.5 Å². The predicted molar refractivity (Wildman–Crippen MR) is 122 cm³/mol. The van der Waals surface area contributed by atoms with E-state index in [9.17, 15) is 10.1 Å². The van der Waals surface area contributed by atoms with E-state index in [4.69, 9.17) is 9.97 Å². The van der Waals surface area contributed by atoms with Gasteiger partial charge in [0.25, 0.3) is 5.69 Å². The number of para-hydroxylation sites is 2. The van der Waals surface area contributed by atoms with E-state index < -0.39 is 4.92 Å². The highest BCUT2D eigenvalue weighted by Gasteiger charge is 2.18. The van der Waals surface area contributed by atoms with Gasteiger partial charge in [0.05, 0.1) is 31.0 Å². The van der Waals surface area contributed by atoms with Crippen LogP contribution < -0.4 is 5.43 Å². The molecule has 7 nitrogen and oxygen atoms in total. The Balaban J connectivity index is 1.61. The number of benzene rings is 3. The lowest BCUT2D eigenvalue weighted by Gasteiger charge is -2.03. The Morgan fingerprint density at radius 1 is 0.867 bits per heavy atom. The molecule has 3 aromatic carbocycles. The van der Waals surface area contributed by atoms with E-state index >= 15 is 0 Å². The van der Waals surface area contributed by atoms with Gasteiger partial charge in [-0.05, 0) is 30.3 Å². The Labute approximate surface area is 178 Å². The van der Waals surface area contributed by atoms with Crippen LogP contribution in [0.25, 0.3) is 20.4 Å². The van der Waals surface area contributed by atoms with E-state index in [1.165, 1.54) is 34.8 Å². The number of hydrazone groups is 1. The summed E-state index contributed by atoms with van der Waals surface area (Å²) in [5.41, 5.74) is 5.84. The molecule has 0 fully saturated rings. The smallest absolute Gasteiger partial charge is 0.271 e. The number of rotatable bonds is 5. The number of hydrogen-bond acceptors (Lipinski definition) is 8. The number of nitrogens with zero attached hydrogens (tertiary/aromatic N) is 4. The molecule has 2 heterocycles. The summed E-state index contributed by atoms with van der Waals surface area (Å²) in [4.78, 5) is 20.1. The van der Waals surface area contributed by atoms with Crippen molar-refractivity contribution in [2.75, 3.05) is 5.43 Å². The molecular weight excluding hydrogens is 418 g/mol. The molecule has 30 heavy (non-hydrogen) atoms. The first-order valence-corrected chi connectivity index (χ1v) is 10.6. The number of nitrogens with one attached hydrogen (secondary N) is 1. The Morgan fingerprint density at radius 2 is 1.47 bits per heavy atom. The topological polar surface area (TPSA) is 93.3 Å². The van der Waals surface area contributed by atoms with Crippen molar-refractivity contribution in [2.24, 2.45) is 5.10 Å². The SMILES string of the molecule is O=[N+]([O-])c1cccc(NN=C(c2nc3ccccc3s2)c2nc3ccccc3s2)c1. The van der Waals surface area contributed by atoms with Gasteiger partial charge in [-0.25, -0.2) is 9.97 Å². The highest BCUT2D eigenvalue weighted by atomic mass is 32.1. The molecule has 1 N–H and O–H groups in total. The fourth-order valence-corrected chi connectivity index (χ4v) is 4.92. The zero-order chi connectivity index (χ0) is 20.5. The van der Waals surface area contributed by atoms with Crippen LogP contribution in [0.5, 0.6) is 0 Å². The fraction of sp³-hybridized carbons (Fsp3) is 0. The molecule has 0 saturated heterocycles.